The maximum Gasteiger partial charge on any atom is 0.150 e. The molecule has 0 atom stereocenters. The number of nitrogens with two attached hydrogens (primary N) is 2. The van der Waals surface area contributed by atoms with Gasteiger partial charge in [0.1, 0.15) is 29.3 Å². The number of aromatic amines is 1. The Bertz CT molecular complexity index is 793. The standard InChI is InChI=1S/C15H19N5O/c1-8(2)6-9-4-3-5-10-12(9)13-14(15(16)18-10)20-11(19-13)7-21-17/h3-5,8H,6-7,17H2,1-2H3,(H2,16,18)(H,19,20). The minimum atomic E-state index is 0.210. The largest absolute Gasteiger partial charge is 0.382 e. The highest BCUT2D eigenvalue weighted by molar-refractivity contribution is 6.07. The molecular weight excluding hydrogens is 266 g/mol. The molecule has 0 aliphatic rings. The van der Waals surface area contributed by atoms with Gasteiger partial charge in [-0.25, -0.2) is 15.9 Å². The lowest BCUT2D eigenvalue weighted by Crippen LogP contribution is -2.00. The van der Waals surface area contributed by atoms with Gasteiger partial charge < -0.3 is 10.7 Å². The van der Waals surface area contributed by atoms with Crippen molar-refractivity contribution in [2.75, 3.05) is 5.73 Å². The summed E-state index contributed by atoms with van der Waals surface area (Å²) >= 11 is 0. The van der Waals surface area contributed by atoms with E-state index in [1.165, 1.54) is 5.56 Å². The van der Waals surface area contributed by atoms with E-state index in [9.17, 15) is 0 Å². The third-order valence-electron chi connectivity index (χ3n) is 3.46. The van der Waals surface area contributed by atoms with Gasteiger partial charge in [0, 0.05) is 5.39 Å². The fraction of sp³-hybridized carbons (Fsp3) is 0.333. The minimum absolute atomic E-state index is 0.210. The fourth-order valence-electron chi connectivity index (χ4n) is 2.68. The number of nitrogen functional groups attached to an aromatic ring is 1. The lowest BCUT2D eigenvalue weighted by Gasteiger charge is -2.09. The van der Waals surface area contributed by atoms with Crippen molar-refractivity contribution in [3.63, 3.8) is 0 Å². The summed E-state index contributed by atoms with van der Waals surface area (Å²) in [6, 6.07) is 6.09. The van der Waals surface area contributed by atoms with Crippen molar-refractivity contribution in [2.24, 2.45) is 11.8 Å². The maximum atomic E-state index is 6.03. The highest BCUT2D eigenvalue weighted by Crippen LogP contribution is 2.30. The Morgan fingerprint density at radius 1 is 1.29 bits per heavy atom. The number of imidazole rings is 1. The fourth-order valence-corrected chi connectivity index (χ4v) is 2.68. The number of pyridine rings is 1. The summed E-state index contributed by atoms with van der Waals surface area (Å²) < 4.78 is 0. The van der Waals surface area contributed by atoms with E-state index in [2.05, 4.69) is 39.7 Å². The Morgan fingerprint density at radius 2 is 2.10 bits per heavy atom. The molecule has 3 aromatic rings. The van der Waals surface area contributed by atoms with Crippen molar-refractivity contribution in [2.45, 2.75) is 26.9 Å². The molecule has 6 nitrogen and oxygen atoms in total. The Labute approximate surface area is 122 Å². The van der Waals surface area contributed by atoms with Crippen molar-refractivity contribution in [3.05, 3.63) is 29.6 Å². The third kappa shape index (κ3) is 2.43. The van der Waals surface area contributed by atoms with Crippen molar-refractivity contribution >= 4 is 27.8 Å². The Kier molecular flexibility index (Phi) is 3.48. The van der Waals surface area contributed by atoms with E-state index in [1.807, 2.05) is 12.1 Å². The molecule has 2 heterocycles. The molecule has 0 radical (unpaired) electrons. The van der Waals surface area contributed by atoms with Crippen LogP contribution in [0.15, 0.2) is 18.2 Å². The molecule has 1 aromatic carbocycles. The van der Waals surface area contributed by atoms with Gasteiger partial charge in [-0.15, -0.1) is 0 Å². The van der Waals surface area contributed by atoms with Gasteiger partial charge in [-0.1, -0.05) is 26.0 Å². The van der Waals surface area contributed by atoms with Crippen molar-refractivity contribution in [1.29, 1.82) is 0 Å². The van der Waals surface area contributed by atoms with Gasteiger partial charge in [0.15, 0.2) is 0 Å². The van der Waals surface area contributed by atoms with Gasteiger partial charge in [-0.2, -0.15) is 0 Å². The molecule has 0 bridgehead atoms. The number of anilines is 1. The van der Waals surface area contributed by atoms with E-state index in [0.717, 1.165) is 28.4 Å². The molecule has 0 spiro atoms. The van der Waals surface area contributed by atoms with E-state index < -0.39 is 0 Å². The first-order valence-electron chi connectivity index (χ1n) is 6.97. The van der Waals surface area contributed by atoms with Crippen LogP contribution in [-0.2, 0) is 17.9 Å². The molecule has 110 valence electrons. The van der Waals surface area contributed by atoms with Crippen LogP contribution in [0.5, 0.6) is 0 Å². The van der Waals surface area contributed by atoms with Crippen molar-refractivity contribution in [3.8, 4) is 0 Å². The van der Waals surface area contributed by atoms with Crippen LogP contribution in [0.2, 0.25) is 0 Å². The average Bonchev–Trinajstić information content (AvgIpc) is 2.83. The summed E-state index contributed by atoms with van der Waals surface area (Å²) in [4.78, 5) is 16.8. The van der Waals surface area contributed by atoms with Gasteiger partial charge in [0.05, 0.1) is 5.52 Å². The highest BCUT2D eigenvalue weighted by atomic mass is 16.6. The molecule has 0 aliphatic carbocycles. The zero-order valence-corrected chi connectivity index (χ0v) is 12.2. The van der Waals surface area contributed by atoms with E-state index in [1.54, 1.807) is 0 Å². The molecule has 0 saturated heterocycles. The van der Waals surface area contributed by atoms with E-state index in [4.69, 9.17) is 11.6 Å². The molecular formula is C15H19N5O. The monoisotopic (exact) mass is 285 g/mol. The van der Waals surface area contributed by atoms with E-state index in [0.29, 0.717) is 17.6 Å². The van der Waals surface area contributed by atoms with Crippen LogP contribution >= 0.6 is 0 Å². The summed E-state index contributed by atoms with van der Waals surface area (Å²) in [5.74, 6) is 6.76. The summed E-state index contributed by atoms with van der Waals surface area (Å²) in [6.07, 6.45) is 0.966. The molecule has 0 aliphatic heterocycles. The quantitative estimate of drug-likeness (QED) is 0.638. The second kappa shape index (κ2) is 5.31. The number of fused-ring (bicyclic) bond motifs is 3. The number of hydrogen-bond acceptors (Lipinski definition) is 5. The molecule has 21 heavy (non-hydrogen) atoms. The van der Waals surface area contributed by atoms with Crippen molar-refractivity contribution < 1.29 is 4.84 Å². The predicted molar refractivity (Wildman–Crippen MR) is 83.3 cm³/mol. The van der Waals surface area contributed by atoms with Gasteiger partial charge in [-0.05, 0) is 24.0 Å². The smallest absolute Gasteiger partial charge is 0.150 e. The Morgan fingerprint density at radius 3 is 2.81 bits per heavy atom. The first-order valence-corrected chi connectivity index (χ1v) is 6.97. The van der Waals surface area contributed by atoms with Crippen LogP contribution in [0.1, 0.15) is 25.2 Å². The van der Waals surface area contributed by atoms with Gasteiger partial charge in [0.2, 0.25) is 0 Å². The molecule has 5 N–H and O–H groups in total. The topological polar surface area (TPSA) is 103 Å². The lowest BCUT2D eigenvalue weighted by molar-refractivity contribution is 0.119. The van der Waals surface area contributed by atoms with Crippen LogP contribution < -0.4 is 11.6 Å². The van der Waals surface area contributed by atoms with Gasteiger partial charge in [0.25, 0.3) is 0 Å². The number of hydrogen-bond donors (Lipinski definition) is 3. The second-order valence-electron chi connectivity index (χ2n) is 5.62. The van der Waals surface area contributed by atoms with Crippen LogP contribution in [0.4, 0.5) is 5.82 Å². The molecule has 3 rings (SSSR count). The molecule has 0 saturated carbocycles. The zero-order valence-electron chi connectivity index (χ0n) is 12.2. The first-order chi connectivity index (χ1) is 10.1. The molecule has 0 amide bonds. The summed E-state index contributed by atoms with van der Waals surface area (Å²) in [5, 5.41) is 1.05. The van der Waals surface area contributed by atoms with Gasteiger partial charge >= 0.3 is 0 Å². The number of H-pyrrole nitrogens is 1. The number of benzene rings is 1. The number of nitrogens with one attached hydrogen (secondary N) is 1. The normalized spacial score (nSPS) is 11.8. The first kappa shape index (κ1) is 13.8. The SMILES string of the molecule is CC(C)Cc1cccc2nc(N)c3[nH]c(CON)nc3c12. The minimum Gasteiger partial charge on any atom is -0.382 e. The lowest BCUT2D eigenvalue weighted by atomic mass is 9.98. The summed E-state index contributed by atoms with van der Waals surface area (Å²) in [7, 11) is 0. The van der Waals surface area contributed by atoms with Crippen LogP contribution in [0.25, 0.3) is 21.9 Å². The second-order valence-corrected chi connectivity index (χ2v) is 5.62. The van der Waals surface area contributed by atoms with E-state index in [-0.39, 0.29) is 6.61 Å². The maximum absolute atomic E-state index is 6.03. The van der Waals surface area contributed by atoms with E-state index >= 15 is 0 Å². The Hall–Kier alpha value is -2.18. The highest BCUT2D eigenvalue weighted by Gasteiger charge is 2.15. The molecule has 6 heteroatoms. The zero-order chi connectivity index (χ0) is 15.0. The molecule has 2 aromatic heterocycles. The Balaban J connectivity index is 2.33. The molecule has 0 unspecified atom stereocenters. The predicted octanol–water partition coefficient (Wildman–Crippen LogP) is 2.28. The number of nitrogens with zero attached hydrogens (tertiary/aromatic N) is 2. The summed E-state index contributed by atoms with van der Waals surface area (Å²) in [6.45, 7) is 4.60. The van der Waals surface area contributed by atoms with Crippen LogP contribution in [0, 0.1) is 5.92 Å². The van der Waals surface area contributed by atoms with Crippen molar-refractivity contribution in [1.82, 2.24) is 15.0 Å². The molecule has 0 fully saturated rings. The van der Waals surface area contributed by atoms with Crippen LogP contribution in [-0.4, -0.2) is 15.0 Å². The van der Waals surface area contributed by atoms with Crippen LogP contribution in [0.3, 0.4) is 0 Å². The third-order valence-corrected chi connectivity index (χ3v) is 3.46. The number of aromatic nitrogens is 3. The summed E-state index contributed by atoms with van der Waals surface area (Å²) in [5.41, 5.74) is 9.70. The van der Waals surface area contributed by atoms with Gasteiger partial charge in [-0.3, -0.25) is 4.84 Å². The number of rotatable bonds is 4. The average molecular weight is 285 g/mol.